The molecule has 2 N–H and O–H groups in total. The number of carboxylic acid groups (broad SMARTS) is 1. The van der Waals surface area contributed by atoms with Crippen LogP contribution < -0.4 is 11.1 Å². The second kappa shape index (κ2) is 6.87. The average Bonchev–Trinajstić information content (AvgIpc) is 3.01. The Balaban J connectivity index is 1.85. The predicted octanol–water partition coefficient (Wildman–Crippen LogP) is -0.0260. The van der Waals surface area contributed by atoms with Crippen LogP contribution >= 0.6 is 0 Å². The zero-order chi connectivity index (χ0) is 21.7. The molecule has 3 aromatic rings. The highest BCUT2D eigenvalue weighted by atomic mass is 16.4. The number of nitrogens with zero attached hydrogens (tertiary/aromatic N) is 5. The Morgan fingerprint density at radius 2 is 1.97 bits per heavy atom. The molecule has 1 aliphatic rings. The van der Waals surface area contributed by atoms with Gasteiger partial charge in [-0.2, -0.15) is 0 Å². The molecule has 11 heteroatoms. The second-order valence-corrected chi connectivity index (χ2v) is 7.30. The molecule has 0 saturated carbocycles. The Hall–Kier alpha value is -3.89. The number of amides is 1. The van der Waals surface area contributed by atoms with Crippen molar-refractivity contribution in [3.8, 4) is 5.75 Å². The smallest absolute Gasteiger partial charge is 0.350 e. The first kappa shape index (κ1) is 19.4. The van der Waals surface area contributed by atoms with Crippen molar-refractivity contribution in [2.45, 2.75) is 33.0 Å². The first-order valence-corrected chi connectivity index (χ1v) is 9.28. The molecule has 30 heavy (non-hydrogen) atoms. The van der Waals surface area contributed by atoms with Gasteiger partial charge in [-0.3, -0.25) is 9.59 Å². The van der Waals surface area contributed by atoms with Crippen LogP contribution in [0, 0.1) is 0 Å². The van der Waals surface area contributed by atoms with Gasteiger partial charge in [0.2, 0.25) is 5.43 Å². The van der Waals surface area contributed by atoms with Gasteiger partial charge in [-0.15, -0.1) is 5.10 Å². The molecule has 0 atom stereocenters. The zero-order valence-corrected chi connectivity index (χ0v) is 16.3. The van der Waals surface area contributed by atoms with Crippen molar-refractivity contribution in [1.29, 1.82) is 0 Å². The van der Waals surface area contributed by atoms with Gasteiger partial charge in [-0.25, -0.2) is 18.7 Å². The highest BCUT2D eigenvalue weighted by Gasteiger charge is 2.31. The number of aromatic nitrogens is 4. The van der Waals surface area contributed by atoms with Gasteiger partial charge in [0.1, 0.15) is 5.56 Å². The number of carbonyl (C=O) groups is 2. The number of hydrogen-bond donors (Lipinski definition) is 2. The van der Waals surface area contributed by atoms with Crippen LogP contribution in [-0.2, 0) is 13.1 Å². The van der Waals surface area contributed by atoms with Crippen molar-refractivity contribution >= 4 is 17.5 Å². The summed E-state index contributed by atoms with van der Waals surface area (Å²) in [5.74, 6) is -2.33. The van der Waals surface area contributed by atoms with Crippen LogP contribution in [-0.4, -0.2) is 58.3 Å². The highest BCUT2D eigenvalue weighted by molar-refractivity contribution is 5.96. The molecule has 0 bridgehead atoms. The fraction of sp³-hybridized carbons (Fsp3) is 0.316. The van der Waals surface area contributed by atoms with E-state index in [1.165, 1.54) is 22.9 Å². The number of carboxylic acids is 1. The minimum absolute atomic E-state index is 0.0305. The minimum Gasteiger partial charge on any atom is -0.503 e. The van der Waals surface area contributed by atoms with Gasteiger partial charge >= 0.3 is 11.7 Å². The minimum atomic E-state index is -1.23. The molecular weight excluding hydrogens is 394 g/mol. The standard InChI is InChI=1S/C19H19N5O6/c1-10(2)21-6-7-22-11(8-13(25)15(26)14(22)17(21)27)9-24-19(30)23-5-3-4-12(18(28)29)16(23)20-24/h3-5,8,10,26H,6-7,9H2,1-2H3,(H,28,29). The summed E-state index contributed by atoms with van der Waals surface area (Å²) >= 11 is 0. The van der Waals surface area contributed by atoms with Crippen LogP contribution in [0.2, 0.25) is 0 Å². The van der Waals surface area contributed by atoms with Crippen molar-refractivity contribution in [2.75, 3.05) is 6.54 Å². The van der Waals surface area contributed by atoms with Crippen LogP contribution in [0.4, 0.5) is 0 Å². The molecule has 4 rings (SSSR count). The maximum absolute atomic E-state index is 12.8. The molecule has 3 aromatic heterocycles. The van der Waals surface area contributed by atoms with Gasteiger partial charge in [-0.1, -0.05) is 0 Å². The third-order valence-corrected chi connectivity index (χ3v) is 5.17. The van der Waals surface area contributed by atoms with E-state index in [1.54, 1.807) is 4.90 Å². The topological polar surface area (TPSA) is 139 Å². The lowest BCUT2D eigenvalue weighted by Gasteiger charge is -2.34. The van der Waals surface area contributed by atoms with E-state index in [2.05, 4.69) is 5.10 Å². The van der Waals surface area contributed by atoms with Gasteiger partial charge in [0.05, 0.1) is 6.54 Å². The van der Waals surface area contributed by atoms with Gasteiger partial charge in [0.25, 0.3) is 5.91 Å². The molecule has 0 aliphatic carbocycles. The van der Waals surface area contributed by atoms with Crippen LogP contribution in [0.25, 0.3) is 5.65 Å². The van der Waals surface area contributed by atoms with E-state index in [-0.39, 0.29) is 29.5 Å². The summed E-state index contributed by atoms with van der Waals surface area (Å²) in [5, 5.41) is 23.7. The maximum Gasteiger partial charge on any atom is 0.350 e. The molecule has 1 aliphatic heterocycles. The maximum atomic E-state index is 12.8. The van der Waals surface area contributed by atoms with Gasteiger partial charge in [0, 0.05) is 37.1 Å². The number of aromatic carboxylic acids is 1. The number of rotatable bonds is 4. The van der Waals surface area contributed by atoms with Crippen LogP contribution in [0.15, 0.2) is 34.0 Å². The van der Waals surface area contributed by atoms with Crippen molar-refractivity contribution in [2.24, 2.45) is 0 Å². The summed E-state index contributed by atoms with van der Waals surface area (Å²) in [6, 6.07) is 3.81. The van der Waals surface area contributed by atoms with E-state index in [9.17, 15) is 29.4 Å². The van der Waals surface area contributed by atoms with E-state index >= 15 is 0 Å². The normalized spacial score (nSPS) is 13.8. The highest BCUT2D eigenvalue weighted by Crippen LogP contribution is 2.23. The van der Waals surface area contributed by atoms with Crippen molar-refractivity contribution in [3.63, 3.8) is 0 Å². The summed E-state index contributed by atoms with van der Waals surface area (Å²) in [7, 11) is 0. The van der Waals surface area contributed by atoms with Crippen LogP contribution in [0.5, 0.6) is 5.75 Å². The van der Waals surface area contributed by atoms with Crippen LogP contribution in [0.1, 0.15) is 40.4 Å². The number of fused-ring (bicyclic) bond motifs is 2. The Kier molecular flexibility index (Phi) is 4.45. The molecule has 0 unspecified atom stereocenters. The first-order valence-electron chi connectivity index (χ1n) is 9.28. The summed E-state index contributed by atoms with van der Waals surface area (Å²) < 4.78 is 3.64. The number of aromatic hydroxyl groups is 1. The lowest BCUT2D eigenvalue weighted by atomic mass is 10.1. The molecule has 0 saturated heterocycles. The molecule has 4 heterocycles. The Morgan fingerprint density at radius 3 is 2.63 bits per heavy atom. The molecule has 0 radical (unpaired) electrons. The number of carbonyl (C=O) groups excluding carboxylic acids is 1. The van der Waals surface area contributed by atoms with E-state index in [4.69, 9.17) is 0 Å². The average molecular weight is 413 g/mol. The molecule has 0 aromatic carbocycles. The van der Waals surface area contributed by atoms with E-state index in [0.717, 1.165) is 15.1 Å². The Bertz CT molecular complexity index is 1320. The van der Waals surface area contributed by atoms with Gasteiger partial charge in [-0.05, 0) is 26.0 Å². The number of pyridine rings is 2. The molecular formula is C19H19N5O6. The van der Waals surface area contributed by atoms with Crippen molar-refractivity contribution < 1.29 is 19.8 Å². The molecule has 156 valence electrons. The lowest BCUT2D eigenvalue weighted by Crippen LogP contribution is -2.46. The van der Waals surface area contributed by atoms with Crippen LogP contribution in [0.3, 0.4) is 0 Å². The summed E-state index contributed by atoms with van der Waals surface area (Å²) in [6.45, 7) is 4.20. The third-order valence-electron chi connectivity index (χ3n) is 5.17. The summed E-state index contributed by atoms with van der Waals surface area (Å²) in [4.78, 5) is 50.8. The van der Waals surface area contributed by atoms with E-state index in [0.29, 0.717) is 18.8 Å². The lowest BCUT2D eigenvalue weighted by molar-refractivity contribution is 0.0637. The third kappa shape index (κ3) is 2.86. The Morgan fingerprint density at radius 1 is 1.23 bits per heavy atom. The zero-order valence-electron chi connectivity index (χ0n) is 16.3. The van der Waals surface area contributed by atoms with Gasteiger partial charge in [0.15, 0.2) is 17.1 Å². The van der Waals surface area contributed by atoms with E-state index in [1.807, 2.05) is 13.8 Å². The largest absolute Gasteiger partial charge is 0.503 e. The van der Waals surface area contributed by atoms with Crippen molar-refractivity contribution in [3.05, 3.63) is 62.1 Å². The predicted molar refractivity (Wildman–Crippen MR) is 104 cm³/mol. The molecule has 0 spiro atoms. The summed E-state index contributed by atoms with van der Waals surface area (Å²) in [6.07, 6.45) is 1.40. The van der Waals surface area contributed by atoms with E-state index < -0.39 is 28.7 Å². The Labute approximate surface area is 169 Å². The van der Waals surface area contributed by atoms with Crippen molar-refractivity contribution in [1.82, 2.24) is 23.6 Å². The first-order chi connectivity index (χ1) is 14.2. The quantitative estimate of drug-likeness (QED) is 0.612. The fourth-order valence-corrected chi connectivity index (χ4v) is 3.69. The number of hydrogen-bond acceptors (Lipinski definition) is 6. The monoisotopic (exact) mass is 413 g/mol. The fourth-order valence-electron chi connectivity index (χ4n) is 3.69. The molecule has 1 amide bonds. The molecule has 11 nitrogen and oxygen atoms in total. The second-order valence-electron chi connectivity index (χ2n) is 7.30. The summed E-state index contributed by atoms with van der Waals surface area (Å²) in [5.41, 5.74) is -1.31. The molecule has 0 fully saturated rings. The van der Waals surface area contributed by atoms with Gasteiger partial charge < -0.3 is 19.7 Å². The SMILES string of the molecule is CC(C)N1CCn2c(Cn3nc4c(C(=O)O)cccn4c3=O)cc(=O)c(O)c2C1=O.